The number of aromatic nitrogens is 2. The molecule has 0 saturated heterocycles. The molecule has 1 aromatic heterocycles. The van der Waals surface area contributed by atoms with E-state index in [1.165, 1.54) is 11.1 Å². The zero-order valence-electron chi connectivity index (χ0n) is 8.65. The lowest BCUT2D eigenvalue weighted by Gasteiger charge is -2.01. The first-order valence-electron chi connectivity index (χ1n) is 5.03. The molecule has 0 atom stereocenters. The van der Waals surface area contributed by atoms with Crippen molar-refractivity contribution in [2.75, 3.05) is 0 Å². The molecule has 1 heterocycles. The summed E-state index contributed by atoms with van der Waals surface area (Å²) in [6.45, 7) is 2.90. The van der Waals surface area contributed by atoms with E-state index in [1.54, 1.807) is 0 Å². The molecule has 0 bridgehead atoms. The summed E-state index contributed by atoms with van der Waals surface area (Å²) in [5, 5.41) is 5.06. The Labute approximate surface area is 94.5 Å². The predicted molar refractivity (Wildman–Crippen MR) is 62.2 cm³/mol. The Kier molecular flexibility index (Phi) is 3.07. The van der Waals surface area contributed by atoms with Crippen molar-refractivity contribution in [2.24, 2.45) is 0 Å². The number of hydrogen-bond donors (Lipinski definition) is 0. The van der Waals surface area contributed by atoms with Crippen LogP contribution in [0.15, 0.2) is 36.7 Å². The van der Waals surface area contributed by atoms with E-state index in [0.717, 1.165) is 18.0 Å². The Morgan fingerprint density at radius 2 is 2.20 bits per heavy atom. The second kappa shape index (κ2) is 4.49. The van der Waals surface area contributed by atoms with Gasteiger partial charge in [0.15, 0.2) is 0 Å². The highest BCUT2D eigenvalue weighted by atomic mass is 35.5. The molecule has 0 radical (unpaired) electrons. The summed E-state index contributed by atoms with van der Waals surface area (Å²) in [6.07, 6.45) is 5.00. The second-order valence-electron chi connectivity index (χ2n) is 3.53. The van der Waals surface area contributed by atoms with E-state index < -0.39 is 0 Å². The van der Waals surface area contributed by atoms with E-state index in [9.17, 15) is 0 Å². The van der Waals surface area contributed by atoms with Crippen molar-refractivity contribution in [3.05, 3.63) is 52.8 Å². The quantitative estimate of drug-likeness (QED) is 0.777. The van der Waals surface area contributed by atoms with Gasteiger partial charge in [-0.2, -0.15) is 5.10 Å². The second-order valence-corrected chi connectivity index (χ2v) is 3.97. The fourth-order valence-electron chi connectivity index (χ4n) is 1.50. The van der Waals surface area contributed by atoms with E-state index in [1.807, 2.05) is 29.1 Å². The number of rotatable bonds is 3. The third-order valence-electron chi connectivity index (χ3n) is 2.33. The standard InChI is InChI=1S/C12H13ClN2/c1-2-10-7-14-15(8-10)9-11-4-3-5-12(13)6-11/h3-8H,2,9H2,1H3. The minimum Gasteiger partial charge on any atom is -0.268 e. The maximum atomic E-state index is 5.91. The first-order valence-corrected chi connectivity index (χ1v) is 5.41. The van der Waals surface area contributed by atoms with Gasteiger partial charge in [0.25, 0.3) is 0 Å². The van der Waals surface area contributed by atoms with Crippen LogP contribution in [0.5, 0.6) is 0 Å². The van der Waals surface area contributed by atoms with Gasteiger partial charge in [-0.1, -0.05) is 30.7 Å². The van der Waals surface area contributed by atoms with Crippen LogP contribution in [0.3, 0.4) is 0 Å². The highest BCUT2D eigenvalue weighted by molar-refractivity contribution is 6.30. The van der Waals surface area contributed by atoms with Crippen LogP contribution >= 0.6 is 11.6 Å². The van der Waals surface area contributed by atoms with Crippen molar-refractivity contribution in [2.45, 2.75) is 19.9 Å². The van der Waals surface area contributed by atoms with Gasteiger partial charge >= 0.3 is 0 Å². The zero-order valence-corrected chi connectivity index (χ0v) is 9.41. The molecule has 0 aliphatic rings. The molecular weight excluding hydrogens is 208 g/mol. The minimum atomic E-state index is 0.773. The van der Waals surface area contributed by atoms with Crippen molar-refractivity contribution >= 4 is 11.6 Å². The summed E-state index contributed by atoms with van der Waals surface area (Å²) in [6, 6.07) is 7.86. The molecule has 2 rings (SSSR count). The van der Waals surface area contributed by atoms with Crippen LogP contribution in [0, 0.1) is 0 Å². The normalized spacial score (nSPS) is 10.5. The predicted octanol–water partition coefficient (Wildman–Crippen LogP) is 3.15. The largest absolute Gasteiger partial charge is 0.268 e. The Morgan fingerprint density at radius 3 is 2.87 bits per heavy atom. The van der Waals surface area contributed by atoms with Crippen molar-refractivity contribution in [3.8, 4) is 0 Å². The van der Waals surface area contributed by atoms with Gasteiger partial charge < -0.3 is 0 Å². The molecule has 0 fully saturated rings. The highest BCUT2D eigenvalue weighted by Gasteiger charge is 1.98. The molecule has 1 aromatic carbocycles. The van der Waals surface area contributed by atoms with Crippen LogP contribution in [0.4, 0.5) is 0 Å². The SMILES string of the molecule is CCc1cnn(Cc2cccc(Cl)c2)c1. The molecule has 0 saturated carbocycles. The van der Waals surface area contributed by atoms with Gasteiger partial charge in [0.1, 0.15) is 0 Å². The third-order valence-corrected chi connectivity index (χ3v) is 2.56. The average Bonchev–Trinajstić information content (AvgIpc) is 2.65. The monoisotopic (exact) mass is 220 g/mol. The third kappa shape index (κ3) is 2.60. The van der Waals surface area contributed by atoms with Crippen LogP contribution in [-0.2, 0) is 13.0 Å². The van der Waals surface area contributed by atoms with Gasteiger partial charge in [0.2, 0.25) is 0 Å². The Balaban J connectivity index is 2.14. The topological polar surface area (TPSA) is 17.8 Å². The number of halogens is 1. The first-order chi connectivity index (χ1) is 7.28. The summed E-state index contributed by atoms with van der Waals surface area (Å²) in [5.41, 5.74) is 2.44. The van der Waals surface area contributed by atoms with Gasteiger partial charge in [0.05, 0.1) is 12.7 Å². The van der Waals surface area contributed by atoms with Crippen LogP contribution in [0.2, 0.25) is 5.02 Å². The molecule has 0 aliphatic heterocycles. The molecule has 2 nitrogen and oxygen atoms in total. The number of benzene rings is 1. The van der Waals surface area contributed by atoms with E-state index in [4.69, 9.17) is 11.6 Å². The fraction of sp³-hybridized carbons (Fsp3) is 0.250. The molecule has 0 aliphatic carbocycles. The fourth-order valence-corrected chi connectivity index (χ4v) is 1.71. The molecule has 15 heavy (non-hydrogen) atoms. The lowest BCUT2D eigenvalue weighted by molar-refractivity contribution is 0.686. The maximum Gasteiger partial charge on any atom is 0.0659 e. The number of nitrogens with zero attached hydrogens (tertiary/aromatic N) is 2. The van der Waals surface area contributed by atoms with E-state index in [-0.39, 0.29) is 0 Å². The lowest BCUT2D eigenvalue weighted by atomic mass is 10.2. The van der Waals surface area contributed by atoms with Crippen LogP contribution in [0.25, 0.3) is 0 Å². The van der Waals surface area contributed by atoms with E-state index in [0.29, 0.717) is 0 Å². The molecule has 0 N–H and O–H groups in total. The summed E-state index contributed by atoms with van der Waals surface area (Å²) in [5.74, 6) is 0. The maximum absolute atomic E-state index is 5.91. The van der Waals surface area contributed by atoms with Gasteiger partial charge in [-0.15, -0.1) is 0 Å². The summed E-state index contributed by atoms with van der Waals surface area (Å²) < 4.78 is 1.94. The van der Waals surface area contributed by atoms with Crippen LogP contribution in [-0.4, -0.2) is 9.78 Å². The molecule has 0 amide bonds. The molecular formula is C12H13ClN2. The molecule has 2 aromatic rings. The lowest BCUT2D eigenvalue weighted by Crippen LogP contribution is -1.99. The van der Waals surface area contributed by atoms with E-state index >= 15 is 0 Å². The molecule has 0 spiro atoms. The van der Waals surface area contributed by atoms with Gasteiger partial charge in [-0.05, 0) is 29.7 Å². The van der Waals surface area contributed by atoms with Crippen LogP contribution in [0.1, 0.15) is 18.1 Å². The summed E-state index contributed by atoms with van der Waals surface area (Å²) in [7, 11) is 0. The van der Waals surface area contributed by atoms with Gasteiger partial charge in [-0.25, -0.2) is 0 Å². The first kappa shape index (κ1) is 10.2. The average molecular weight is 221 g/mol. The van der Waals surface area contributed by atoms with Crippen molar-refractivity contribution in [1.82, 2.24) is 9.78 Å². The number of hydrogen-bond acceptors (Lipinski definition) is 1. The molecule has 3 heteroatoms. The Morgan fingerprint density at radius 1 is 1.33 bits per heavy atom. The zero-order chi connectivity index (χ0) is 10.7. The number of aryl methyl sites for hydroxylation is 1. The van der Waals surface area contributed by atoms with Gasteiger partial charge in [-0.3, -0.25) is 4.68 Å². The van der Waals surface area contributed by atoms with Crippen LogP contribution < -0.4 is 0 Å². The van der Waals surface area contributed by atoms with Crippen molar-refractivity contribution in [1.29, 1.82) is 0 Å². The Hall–Kier alpha value is -1.28. The minimum absolute atomic E-state index is 0.773. The smallest absolute Gasteiger partial charge is 0.0659 e. The Bertz CT molecular complexity index is 448. The molecule has 78 valence electrons. The summed E-state index contributed by atoms with van der Waals surface area (Å²) >= 11 is 5.91. The molecule has 0 unspecified atom stereocenters. The summed E-state index contributed by atoms with van der Waals surface area (Å²) in [4.78, 5) is 0. The van der Waals surface area contributed by atoms with Gasteiger partial charge in [0, 0.05) is 11.2 Å². The van der Waals surface area contributed by atoms with Crippen molar-refractivity contribution in [3.63, 3.8) is 0 Å². The van der Waals surface area contributed by atoms with E-state index in [2.05, 4.69) is 24.3 Å². The highest BCUT2D eigenvalue weighted by Crippen LogP contribution is 2.11. The van der Waals surface area contributed by atoms with Crippen molar-refractivity contribution < 1.29 is 0 Å².